The van der Waals surface area contributed by atoms with Gasteiger partial charge in [-0.3, -0.25) is 0 Å². The van der Waals surface area contributed by atoms with E-state index in [2.05, 4.69) is 27.4 Å². The van der Waals surface area contributed by atoms with E-state index in [1.165, 1.54) is 6.42 Å². The number of pyridine rings is 1. The maximum absolute atomic E-state index is 11.8. The van der Waals surface area contributed by atoms with Crippen molar-refractivity contribution in [2.45, 2.75) is 19.9 Å². The van der Waals surface area contributed by atoms with Gasteiger partial charge >= 0.3 is 6.03 Å². The monoisotopic (exact) mass is 304 g/mol. The van der Waals surface area contributed by atoms with Gasteiger partial charge in [0, 0.05) is 32.4 Å². The Labute approximate surface area is 131 Å². The zero-order valence-corrected chi connectivity index (χ0v) is 13.0. The van der Waals surface area contributed by atoms with Gasteiger partial charge in [-0.2, -0.15) is 0 Å². The Morgan fingerprint density at radius 2 is 2.18 bits per heavy atom. The number of carbonyl (C=O) groups is 1. The lowest BCUT2D eigenvalue weighted by atomic mass is 10.2. The molecule has 0 unspecified atom stereocenters. The number of nitrogens with zero attached hydrogens (tertiary/aromatic N) is 2. The van der Waals surface area contributed by atoms with E-state index < -0.39 is 0 Å². The number of anilines is 1. The first-order valence-electron chi connectivity index (χ1n) is 8.01. The molecule has 1 aromatic rings. The molecule has 0 bridgehead atoms. The largest absolute Gasteiger partial charge is 0.378 e. The molecule has 0 aromatic carbocycles. The third-order valence-corrected chi connectivity index (χ3v) is 4.40. The Kier molecular flexibility index (Phi) is 4.77. The minimum Gasteiger partial charge on any atom is -0.378 e. The summed E-state index contributed by atoms with van der Waals surface area (Å²) in [5.74, 6) is 2.38. The van der Waals surface area contributed by atoms with Crippen LogP contribution in [0.25, 0.3) is 0 Å². The van der Waals surface area contributed by atoms with Gasteiger partial charge in [-0.25, -0.2) is 9.78 Å². The van der Waals surface area contributed by atoms with Crippen LogP contribution in [-0.2, 0) is 11.3 Å². The van der Waals surface area contributed by atoms with Crippen molar-refractivity contribution in [1.82, 2.24) is 15.6 Å². The van der Waals surface area contributed by atoms with Crippen LogP contribution in [0, 0.1) is 11.8 Å². The Morgan fingerprint density at radius 1 is 1.41 bits per heavy atom. The highest BCUT2D eigenvalue weighted by Crippen LogP contribution is 2.36. The summed E-state index contributed by atoms with van der Waals surface area (Å²) in [6, 6.07) is 3.88. The topological polar surface area (TPSA) is 66.5 Å². The number of morpholine rings is 1. The van der Waals surface area contributed by atoms with E-state index in [-0.39, 0.29) is 6.03 Å². The average Bonchev–Trinajstić information content (AvgIpc) is 3.27. The van der Waals surface area contributed by atoms with Gasteiger partial charge in [0.1, 0.15) is 5.82 Å². The molecule has 0 radical (unpaired) electrons. The van der Waals surface area contributed by atoms with Crippen LogP contribution < -0.4 is 15.5 Å². The van der Waals surface area contributed by atoms with Crippen LogP contribution in [0.1, 0.15) is 18.9 Å². The molecular weight excluding hydrogens is 280 g/mol. The number of nitrogens with one attached hydrogen (secondary N) is 2. The second kappa shape index (κ2) is 6.96. The molecule has 120 valence electrons. The van der Waals surface area contributed by atoms with Crippen LogP contribution in [0.3, 0.4) is 0 Å². The highest BCUT2D eigenvalue weighted by atomic mass is 16.5. The third kappa shape index (κ3) is 4.10. The van der Waals surface area contributed by atoms with Gasteiger partial charge in [0.05, 0.1) is 13.2 Å². The summed E-state index contributed by atoms with van der Waals surface area (Å²) in [6.07, 6.45) is 3.03. The van der Waals surface area contributed by atoms with E-state index in [9.17, 15) is 4.79 Å². The molecule has 6 nitrogen and oxygen atoms in total. The number of amides is 2. The summed E-state index contributed by atoms with van der Waals surface area (Å²) in [6.45, 7) is 6.73. The maximum atomic E-state index is 11.8. The Hall–Kier alpha value is -1.82. The van der Waals surface area contributed by atoms with E-state index in [4.69, 9.17) is 4.74 Å². The molecule has 1 saturated heterocycles. The number of rotatable bonds is 5. The molecule has 2 N–H and O–H groups in total. The quantitative estimate of drug-likeness (QED) is 0.862. The van der Waals surface area contributed by atoms with E-state index >= 15 is 0 Å². The first kappa shape index (κ1) is 15.1. The normalized spacial score (nSPS) is 24.0. The maximum Gasteiger partial charge on any atom is 0.315 e. The van der Waals surface area contributed by atoms with E-state index in [0.717, 1.165) is 50.1 Å². The fraction of sp³-hybridized carbons (Fsp3) is 0.625. The van der Waals surface area contributed by atoms with Gasteiger partial charge in [0.2, 0.25) is 0 Å². The molecule has 3 rings (SSSR count). The number of aromatic nitrogens is 1. The summed E-state index contributed by atoms with van der Waals surface area (Å²) >= 11 is 0. The molecule has 0 spiro atoms. The van der Waals surface area contributed by atoms with Crippen LogP contribution in [0.5, 0.6) is 0 Å². The second-order valence-electron chi connectivity index (χ2n) is 6.16. The first-order chi connectivity index (χ1) is 10.7. The molecule has 22 heavy (non-hydrogen) atoms. The van der Waals surface area contributed by atoms with Crippen molar-refractivity contribution in [3.8, 4) is 0 Å². The highest BCUT2D eigenvalue weighted by molar-refractivity contribution is 5.73. The lowest BCUT2D eigenvalue weighted by Crippen LogP contribution is -2.37. The summed E-state index contributed by atoms with van der Waals surface area (Å²) in [5, 5.41) is 5.84. The van der Waals surface area contributed by atoms with Crippen molar-refractivity contribution in [3.05, 3.63) is 23.9 Å². The van der Waals surface area contributed by atoms with Crippen LogP contribution in [-0.4, -0.2) is 43.9 Å². The predicted molar refractivity (Wildman–Crippen MR) is 84.8 cm³/mol. The lowest BCUT2D eigenvalue weighted by molar-refractivity contribution is 0.122. The van der Waals surface area contributed by atoms with Gasteiger partial charge in [0.25, 0.3) is 0 Å². The number of ether oxygens (including phenoxy) is 1. The number of hydrogen-bond acceptors (Lipinski definition) is 4. The molecule has 1 saturated carbocycles. The van der Waals surface area contributed by atoms with Crippen LogP contribution in [0.2, 0.25) is 0 Å². The molecule has 2 heterocycles. The molecule has 1 aromatic heterocycles. The molecular formula is C16H24N4O2. The van der Waals surface area contributed by atoms with Gasteiger partial charge in [0.15, 0.2) is 0 Å². The first-order valence-corrected chi connectivity index (χ1v) is 8.01. The minimum atomic E-state index is -0.0937. The van der Waals surface area contributed by atoms with Crippen LogP contribution in [0.4, 0.5) is 10.6 Å². The van der Waals surface area contributed by atoms with Crippen molar-refractivity contribution in [2.75, 3.05) is 37.7 Å². The standard InChI is InChI=1S/C16H24N4O2/c1-12-8-14(12)11-19-16(21)18-10-13-2-3-17-15(9-13)20-4-6-22-7-5-20/h2-3,9,12,14H,4-8,10-11H2,1H3,(H2,18,19,21)/t12-,14-/m1/s1. The van der Waals surface area contributed by atoms with E-state index in [0.29, 0.717) is 12.5 Å². The van der Waals surface area contributed by atoms with Gasteiger partial charge in [-0.15, -0.1) is 0 Å². The summed E-state index contributed by atoms with van der Waals surface area (Å²) < 4.78 is 5.35. The Balaban J connectivity index is 1.46. The lowest BCUT2D eigenvalue weighted by Gasteiger charge is -2.28. The third-order valence-electron chi connectivity index (χ3n) is 4.40. The molecule has 2 aliphatic rings. The molecule has 1 aliphatic carbocycles. The number of urea groups is 1. The fourth-order valence-electron chi connectivity index (χ4n) is 2.69. The Morgan fingerprint density at radius 3 is 2.91 bits per heavy atom. The van der Waals surface area contributed by atoms with Gasteiger partial charge < -0.3 is 20.3 Å². The van der Waals surface area contributed by atoms with E-state index in [1.54, 1.807) is 6.20 Å². The second-order valence-corrected chi connectivity index (χ2v) is 6.16. The SMILES string of the molecule is C[C@@H]1C[C@@H]1CNC(=O)NCc1ccnc(N2CCOCC2)c1. The van der Waals surface area contributed by atoms with Gasteiger partial charge in [-0.1, -0.05) is 6.92 Å². The van der Waals surface area contributed by atoms with E-state index in [1.807, 2.05) is 12.1 Å². The molecule has 2 amide bonds. The van der Waals surface area contributed by atoms with Crippen molar-refractivity contribution >= 4 is 11.8 Å². The van der Waals surface area contributed by atoms with Crippen LogP contribution in [0.15, 0.2) is 18.3 Å². The van der Waals surface area contributed by atoms with Gasteiger partial charge in [-0.05, 0) is 36.0 Å². The molecule has 2 atom stereocenters. The van der Waals surface area contributed by atoms with Crippen LogP contribution >= 0.6 is 0 Å². The minimum absolute atomic E-state index is 0.0937. The zero-order valence-electron chi connectivity index (χ0n) is 13.0. The predicted octanol–water partition coefficient (Wildman–Crippen LogP) is 1.37. The summed E-state index contributed by atoms with van der Waals surface area (Å²) in [5.41, 5.74) is 1.06. The van der Waals surface area contributed by atoms with Crippen molar-refractivity contribution in [2.24, 2.45) is 11.8 Å². The highest BCUT2D eigenvalue weighted by Gasteiger charge is 2.32. The van der Waals surface area contributed by atoms with Crippen molar-refractivity contribution < 1.29 is 9.53 Å². The number of hydrogen-bond donors (Lipinski definition) is 2. The summed E-state index contributed by atoms with van der Waals surface area (Å²) in [7, 11) is 0. The molecule has 1 aliphatic heterocycles. The Bertz CT molecular complexity index is 517. The summed E-state index contributed by atoms with van der Waals surface area (Å²) in [4.78, 5) is 18.4. The fourth-order valence-corrected chi connectivity index (χ4v) is 2.69. The molecule has 6 heteroatoms. The molecule has 2 fully saturated rings. The zero-order chi connectivity index (χ0) is 15.4. The number of carbonyl (C=O) groups excluding carboxylic acids is 1. The van der Waals surface area contributed by atoms with Crippen molar-refractivity contribution in [1.29, 1.82) is 0 Å². The average molecular weight is 304 g/mol. The van der Waals surface area contributed by atoms with Crippen molar-refractivity contribution in [3.63, 3.8) is 0 Å². The smallest absolute Gasteiger partial charge is 0.315 e.